The molecule has 0 bridgehead atoms. The van der Waals surface area contributed by atoms with Crippen LogP contribution in [0.15, 0.2) is 77.7 Å². The molecule has 1 amide bonds. The second-order valence-corrected chi connectivity index (χ2v) is 11.4. The highest BCUT2D eigenvalue weighted by Gasteiger charge is 2.15. The van der Waals surface area contributed by atoms with Gasteiger partial charge in [-0.15, -0.1) is 0 Å². The molecule has 1 fully saturated rings. The highest BCUT2D eigenvalue weighted by atomic mass is 32.2. The molecular weight excluding hydrogens is 502 g/mol. The van der Waals surface area contributed by atoms with Crippen LogP contribution >= 0.6 is 0 Å². The molecule has 0 spiro atoms. The van der Waals surface area contributed by atoms with E-state index in [4.69, 9.17) is 14.6 Å². The molecule has 1 aliphatic heterocycles. The molecule has 0 saturated carbocycles. The van der Waals surface area contributed by atoms with Crippen molar-refractivity contribution in [1.82, 2.24) is 15.4 Å². The van der Waals surface area contributed by atoms with Gasteiger partial charge in [-0.25, -0.2) is 23.7 Å². The molecule has 5 rings (SSSR count). The quantitative estimate of drug-likeness (QED) is 0.249. The number of amides is 1. The SMILES string of the molecule is CS(=O)(=O)c1ccc(-c2ccc3nc(Cc4ccc(C=CC(=O)NOC5CCCCO5)cc4)[nH]c3c2)cc1. The summed E-state index contributed by atoms with van der Waals surface area (Å²) >= 11 is 0. The first-order valence-electron chi connectivity index (χ1n) is 12.5. The number of aromatic amines is 1. The average molecular weight is 532 g/mol. The smallest absolute Gasteiger partial charge is 0.267 e. The zero-order chi connectivity index (χ0) is 26.5. The second-order valence-electron chi connectivity index (χ2n) is 9.34. The van der Waals surface area contributed by atoms with Crippen LogP contribution < -0.4 is 5.48 Å². The van der Waals surface area contributed by atoms with Gasteiger partial charge in [-0.05, 0) is 65.4 Å². The average Bonchev–Trinajstić information content (AvgIpc) is 3.33. The van der Waals surface area contributed by atoms with Gasteiger partial charge in [-0.2, -0.15) is 0 Å². The summed E-state index contributed by atoms with van der Waals surface area (Å²) in [4.78, 5) is 25.7. The number of imidazole rings is 1. The van der Waals surface area contributed by atoms with Crippen LogP contribution in [0.2, 0.25) is 0 Å². The van der Waals surface area contributed by atoms with Crippen molar-refractivity contribution < 1.29 is 22.8 Å². The van der Waals surface area contributed by atoms with E-state index in [-0.39, 0.29) is 12.2 Å². The third-order valence-electron chi connectivity index (χ3n) is 6.35. The Labute approximate surface area is 221 Å². The number of hydrogen-bond acceptors (Lipinski definition) is 6. The van der Waals surface area contributed by atoms with Gasteiger partial charge in [0.15, 0.2) is 16.1 Å². The summed E-state index contributed by atoms with van der Waals surface area (Å²) in [6.07, 6.45) is 7.45. The van der Waals surface area contributed by atoms with E-state index in [0.29, 0.717) is 17.9 Å². The number of carbonyl (C=O) groups excluding carboxylic acids is 1. The number of rotatable bonds is 8. The maximum absolute atomic E-state index is 12.0. The van der Waals surface area contributed by atoms with Gasteiger partial charge >= 0.3 is 0 Å². The molecule has 8 nitrogen and oxygen atoms in total. The fraction of sp³-hybridized carbons (Fsp3) is 0.241. The Balaban J connectivity index is 1.20. The largest absolute Gasteiger partial charge is 0.350 e. The lowest BCUT2D eigenvalue weighted by atomic mass is 10.1. The maximum atomic E-state index is 12.0. The number of H-pyrrole nitrogens is 1. The van der Waals surface area contributed by atoms with E-state index in [1.165, 1.54) is 12.3 Å². The molecule has 1 unspecified atom stereocenters. The monoisotopic (exact) mass is 531 g/mol. The summed E-state index contributed by atoms with van der Waals surface area (Å²) in [6.45, 7) is 0.654. The first-order valence-corrected chi connectivity index (χ1v) is 14.4. The Morgan fingerprint density at radius 2 is 1.84 bits per heavy atom. The minimum absolute atomic E-state index is 0.301. The maximum Gasteiger partial charge on any atom is 0.267 e. The Hall–Kier alpha value is -3.79. The number of fused-ring (bicyclic) bond motifs is 1. The fourth-order valence-electron chi connectivity index (χ4n) is 4.29. The topological polar surface area (TPSA) is 110 Å². The third-order valence-corrected chi connectivity index (χ3v) is 7.48. The minimum Gasteiger partial charge on any atom is -0.350 e. The lowest BCUT2D eigenvalue weighted by Crippen LogP contribution is -2.32. The summed E-state index contributed by atoms with van der Waals surface area (Å²) < 4.78 is 28.9. The molecule has 1 aliphatic rings. The van der Waals surface area contributed by atoms with Crippen LogP contribution in [0.1, 0.15) is 36.2 Å². The minimum atomic E-state index is -3.23. The van der Waals surface area contributed by atoms with Gasteiger partial charge in [0.25, 0.3) is 5.91 Å². The van der Waals surface area contributed by atoms with E-state index >= 15 is 0 Å². The van der Waals surface area contributed by atoms with E-state index in [1.807, 2.05) is 54.6 Å². The molecule has 38 heavy (non-hydrogen) atoms. The molecule has 196 valence electrons. The van der Waals surface area contributed by atoms with Gasteiger partial charge in [0.2, 0.25) is 0 Å². The van der Waals surface area contributed by atoms with Crippen molar-refractivity contribution in [3.05, 3.63) is 89.8 Å². The number of benzene rings is 3. The third kappa shape index (κ3) is 6.55. The number of hydrogen-bond donors (Lipinski definition) is 2. The van der Waals surface area contributed by atoms with Gasteiger partial charge in [-0.1, -0.05) is 42.5 Å². The molecule has 3 aromatic carbocycles. The van der Waals surface area contributed by atoms with Gasteiger partial charge in [0, 0.05) is 31.8 Å². The summed E-state index contributed by atoms with van der Waals surface area (Å²) in [5.74, 6) is 0.505. The summed E-state index contributed by atoms with van der Waals surface area (Å²) in [5, 5.41) is 0. The van der Waals surface area contributed by atoms with Crippen molar-refractivity contribution in [2.24, 2.45) is 0 Å². The highest BCUT2D eigenvalue weighted by molar-refractivity contribution is 7.90. The van der Waals surface area contributed by atoms with Crippen LogP contribution in [-0.4, -0.2) is 43.4 Å². The summed E-state index contributed by atoms with van der Waals surface area (Å²) in [5.41, 5.74) is 8.08. The molecule has 9 heteroatoms. The van der Waals surface area contributed by atoms with E-state index < -0.39 is 9.84 Å². The van der Waals surface area contributed by atoms with Crippen molar-refractivity contribution in [3.63, 3.8) is 0 Å². The van der Waals surface area contributed by atoms with E-state index in [2.05, 4.69) is 10.5 Å². The van der Waals surface area contributed by atoms with Gasteiger partial charge in [0.1, 0.15) is 5.82 Å². The van der Waals surface area contributed by atoms with Crippen molar-refractivity contribution in [1.29, 1.82) is 0 Å². The molecule has 2 heterocycles. The Morgan fingerprint density at radius 3 is 2.55 bits per heavy atom. The van der Waals surface area contributed by atoms with Crippen LogP contribution in [-0.2, 0) is 30.6 Å². The van der Waals surface area contributed by atoms with Gasteiger partial charge in [0.05, 0.1) is 15.9 Å². The summed E-state index contributed by atoms with van der Waals surface area (Å²) in [7, 11) is -3.23. The highest BCUT2D eigenvalue weighted by Crippen LogP contribution is 2.25. The summed E-state index contributed by atoms with van der Waals surface area (Å²) in [6, 6.07) is 20.7. The van der Waals surface area contributed by atoms with E-state index in [0.717, 1.165) is 58.4 Å². The van der Waals surface area contributed by atoms with Crippen molar-refractivity contribution in [2.45, 2.75) is 36.9 Å². The molecule has 0 radical (unpaired) electrons. The fourth-order valence-corrected chi connectivity index (χ4v) is 4.92. The number of aromatic nitrogens is 2. The lowest BCUT2D eigenvalue weighted by Gasteiger charge is -2.21. The number of sulfone groups is 1. The van der Waals surface area contributed by atoms with Crippen LogP contribution in [0.4, 0.5) is 0 Å². The number of hydroxylamine groups is 1. The Morgan fingerprint density at radius 1 is 1.08 bits per heavy atom. The first-order chi connectivity index (χ1) is 18.3. The predicted molar refractivity (Wildman–Crippen MR) is 146 cm³/mol. The zero-order valence-corrected chi connectivity index (χ0v) is 21.8. The molecule has 1 saturated heterocycles. The van der Waals surface area contributed by atoms with Crippen LogP contribution in [0, 0.1) is 0 Å². The molecule has 1 aromatic heterocycles. The predicted octanol–water partition coefficient (Wildman–Crippen LogP) is 4.81. The zero-order valence-electron chi connectivity index (χ0n) is 21.0. The van der Waals surface area contributed by atoms with Crippen LogP contribution in [0.3, 0.4) is 0 Å². The molecule has 4 aromatic rings. The van der Waals surface area contributed by atoms with E-state index in [1.54, 1.807) is 18.2 Å². The van der Waals surface area contributed by atoms with Crippen molar-refractivity contribution in [2.75, 3.05) is 12.9 Å². The van der Waals surface area contributed by atoms with Crippen LogP contribution in [0.25, 0.3) is 28.2 Å². The van der Waals surface area contributed by atoms with Crippen molar-refractivity contribution >= 4 is 32.9 Å². The van der Waals surface area contributed by atoms with Gasteiger partial charge in [-0.3, -0.25) is 4.79 Å². The number of nitrogens with one attached hydrogen (secondary N) is 2. The number of nitrogens with zero attached hydrogens (tertiary/aromatic N) is 1. The molecule has 1 atom stereocenters. The first kappa shape index (κ1) is 25.8. The lowest BCUT2D eigenvalue weighted by molar-refractivity contribution is -0.198. The second kappa shape index (κ2) is 11.3. The van der Waals surface area contributed by atoms with Crippen LogP contribution in [0.5, 0.6) is 0 Å². The number of ether oxygens (including phenoxy) is 1. The molecule has 2 N–H and O–H groups in total. The Bertz CT molecular complexity index is 1550. The van der Waals surface area contributed by atoms with Crippen molar-refractivity contribution in [3.8, 4) is 11.1 Å². The van der Waals surface area contributed by atoms with E-state index in [9.17, 15) is 13.2 Å². The van der Waals surface area contributed by atoms with Gasteiger partial charge < -0.3 is 9.72 Å². The standard InChI is InChI=1S/C29H29N3O5S/c1-38(34,35)24-13-10-22(11-14-24)23-12-15-25-26(19-23)31-27(30-25)18-21-7-5-20(6-8-21)9-16-28(33)32-37-29-4-2-3-17-36-29/h5-16,19,29H,2-4,17-18H2,1H3,(H,30,31)(H,32,33). The Kier molecular flexibility index (Phi) is 7.69. The molecule has 0 aliphatic carbocycles. The number of carbonyl (C=O) groups is 1. The molecular formula is C29H29N3O5S. The normalized spacial score (nSPS) is 16.2.